The molecule has 0 saturated heterocycles. The third-order valence-corrected chi connectivity index (χ3v) is 4.89. The van der Waals surface area contributed by atoms with Gasteiger partial charge in [-0.1, -0.05) is 32.1 Å². The minimum absolute atomic E-state index is 0.160. The van der Waals surface area contributed by atoms with Crippen LogP contribution < -0.4 is 5.56 Å². The second-order valence-corrected chi connectivity index (χ2v) is 6.39. The number of H-pyrrole nitrogens is 1. The van der Waals surface area contributed by atoms with Gasteiger partial charge in [-0.2, -0.15) is 0 Å². The third kappa shape index (κ3) is 2.60. The summed E-state index contributed by atoms with van der Waals surface area (Å²) in [5, 5.41) is 9.35. The molecule has 0 unspecified atom stereocenters. The van der Waals surface area contributed by atoms with Crippen molar-refractivity contribution in [2.45, 2.75) is 38.5 Å². The van der Waals surface area contributed by atoms with E-state index in [-0.39, 0.29) is 10.4 Å². The van der Waals surface area contributed by atoms with Crippen molar-refractivity contribution in [2.75, 3.05) is 0 Å². The summed E-state index contributed by atoms with van der Waals surface area (Å²) in [6.07, 6.45) is 6.95. The molecule has 0 spiro atoms. The summed E-state index contributed by atoms with van der Waals surface area (Å²) >= 11 is 1.07. The maximum Gasteiger partial charge on any atom is 0.345 e. The van der Waals surface area contributed by atoms with Crippen LogP contribution in [-0.2, 0) is 6.42 Å². The minimum atomic E-state index is -1.01. The molecule has 0 radical (unpaired) electrons. The summed E-state index contributed by atoms with van der Waals surface area (Å²) in [5.41, 5.74) is -0.232. The number of fused-ring (bicyclic) bond motifs is 1. The first kappa shape index (κ1) is 13.3. The first-order valence-electron chi connectivity index (χ1n) is 6.89. The zero-order chi connectivity index (χ0) is 14.1. The largest absolute Gasteiger partial charge is 0.477 e. The van der Waals surface area contributed by atoms with E-state index in [0.29, 0.717) is 22.0 Å². The fourth-order valence-electron chi connectivity index (χ4n) is 2.84. The Bertz CT molecular complexity index is 698. The maximum atomic E-state index is 12.0. The molecule has 2 aromatic heterocycles. The highest BCUT2D eigenvalue weighted by Gasteiger charge is 2.17. The van der Waals surface area contributed by atoms with E-state index in [1.807, 2.05) is 0 Å². The van der Waals surface area contributed by atoms with Crippen molar-refractivity contribution in [3.63, 3.8) is 0 Å². The van der Waals surface area contributed by atoms with Gasteiger partial charge in [-0.15, -0.1) is 11.3 Å². The minimum Gasteiger partial charge on any atom is -0.477 e. The Morgan fingerprint density at radius 2 is 2.15 bits per heavy atom. The van der Waals surface area contributed by atoms with Crippen molar-refractivity contribution in [3.8, 4) is 0 Å². The quantitative estimate of drug-likeness (QED) is 0.911. The van der Waals surface area contributed by atoms with Gasteiger partial charge < -0.3 is 10.1 Å². The zero-order valence-corrected chi connectivity index (χ0v) is 11.8. The van der Waals surface area contributed by atoms with Crippen molar-refractivity contribution in [2.24, 2.45) is 5.92 Å². The fourth-order valence-corrected chi connectivity index (χ4v) is 3.73. The molecule has 1 fully saturated rings. The first-order valence-corrected chi connectivity index (χ1v) is 7.71. The van der Waals surface area contributed by atoms with Gasteiger partial charge in [0.15, 0.2) is 0 Å². The second-order valence-electron chi connectivity index (χ2n) is 5.36. The molecular weight excluding hydrogens is 276 g/mol. The first-order chi connectivity index (χ1) is 9.63. The van der Waals surface area contributed by atoms with Crippen molar-refractivity contribution in [1.29, 1.82) is 0 Å². The van der Waals surface area contributed by atoms with Crippen molar-refractivity contribution >= 4 is 27.5 Å². The Labute approximate surface area is 119 Å². The van der Waals surface area contributed by atoms with Gasteiger partial charge in [0.2, 0.25) is 0 Å². The van der Waals surface area contributed by atoms with Crippen LogP contribution in [-0.4, -0.2) is 21.0 Å². The highest BCUT2D eigenvalue weighted by Crippen LogP contribution is 2.27. The molecule has 106 valence electrons. The van der Waals surface area contributed by atoms with Gasteiger partial charge >= 0.3 is 5.97 Å². The summed E-state index contributed by atoms with van der Waals surface area (Å²) < 4.78 is 0. The Morgan fingerprint density at radius 3 is 2.85 bits per heavy atom. The number of aromatic amines is 1. The molecule has 1 saturated carbocycles. The number of nitrogens with one attached hydrogen (secondary N) is 1. The standard InChI is InChI=1S/C14H16N2O3S/c17-12-9-7-10(14(18)19)20-13(9)16-11(15-12)6-8-4-2-1-3-5-8/h7-8H,1-6H2,(H,18,19)(H,15,16,17). The van der Waals surface area contributed by atoms with Gasteiger partial charge in [-0.3, -0.25) is 4.79 Å². The van der Waals surface area contributed by atoms with Crippen LogP contribution in [0.25, 0.3) is 10.2 Å². The maximum absolute atomic E-state index is 12.0. The number of rotatable bonds is 3. The van der Waals surface area contributed by atoms with Gasteiger partial charge in [-0.05, 0) is 12.0 Å². The molecule has 0 amide bonds. The molecule has 0 aromatic carbocycles. The number of nitrogens with zero attached hydrogens (tertiary/aromatic N) is 1. The molecule has 3 rings (SSSR count). The lowest BCUT2D eigenvalue weighted by molar-refractivity contribution is 0.0702. The Morgan fingerprint density at radius 1 is 1.40 bits per heavy atom. The number of carboxylic acid groups (broad SMARTS) is 1. The average molecular weight is 292 g/mol. The lowest BCUT2D eigenvalue weighted by atomic mass is 9.87. The van der Waals surface area contributed by atoms with E-state index in [0.717, 1.165) is 17.8 Å². The molecule has 6 heteroatoms. The number of carboxylic acids is 1. The number of hydrogen-bond acceptors (Lipinski definition) is 4. The predicted molar refractivity (Wildman–Crippen MR) is 77.5 cm³/mol. The second kappa shape index (κ2) is 5.36. The van der Waals surface area contributed by atoms with E-state index in [2.05, 4.69) is 9.97 Å². The molecule has 20 heavy (non-hydrogen) atoms. The molecule has 2 N–H and O–H groups in total. The monoisotopic (exact) mass is 292 g/mol. The molecule has 5 nitrogen and oxygen atoms in total. The number of hydrogen-bond donors (Lipinski definition) is 2. The molecule has 1 aliphatic carbocycles. The topological polar surface area (TPSA) is 83.0 Å². The van der Waals surface area contributed by atoms with Crippen molar-refractivity contribution < 1.29 is 9.90 Å². The highest BCUT2D eigenvalue weighted by molar-refractivity contribution is 7.20. The predicted octanol–water partition coefficient (Wildman–Crippen LogP) is 2.81. The van der Waals surface area contributed by atoms with E-state index in [1.165, 1.54) is 38.2 Å². The van der Waals surface area contributed by atoms with Gasteiger partial charge in [0.25, 0.3) is 5.56 Å². The Hall–Kier alpha value is -1.69. The number of carbonyl (C=O) groups is 1. The van der Waals surface area contributed by atoms with E-state index in [4.69, 9.17) is 5.11 Å². The van der Waals surface area contributed by atoms with Gasteiger partial charge in [0.05, 0.1) is 5.39 Å². The van der Waals surface area contributed by atoms with Crippen LogP contribution >= 0.6 is 11.3 Å². The number of aromatic carboxylic acids is 1. The summed E-state index contributed by atoms with van der Waals surface area (Å²) in [6, 6.07) is 1.40. The molecular formula is C14H16N2O3S. The Kier molecular flexibility index (Phi) is 3.56. The number of aromatic nitrogens is 2. The van der Waals surface area contributed by atoms with E-state index in [1.54, 1.807) is 0 Å². The lowest BCUT2D eigenvalue weighted by Gasteiger charge is -2.20. The fraction of sp³-hybridized carbons (Fsp3) is 0.500. The smallest absolute Gasteiger partial charge is 0.345 e. The summed E-state index contributed by atoms with van der Waals surface area (Å²) in [5.74, 6) is 0.262. The van der Waals surface area contributed by atoms with E-state index in [9.17, 15) is 9.59 Å². The average Bonchev–Trinajstić information content (AvgIpc) is 2.84. The summed E-state index contributed by atoms with van der Waals surface area (Å²) in [6.45, 7) is 0. The van der Waals surface area contributed by atoms with Crippen LogP contribution in [0.1, 0.15) is 47.6 Å². The van der Waals surface area contributed by atoms with Crippen molar-refractivity contribution in [3.05, 3.63) is 27.1 Å². The molecule has 0 atom stereocenters. The van der Waals surface area contributed by atoms with Gasteiger partial charge in [-0.25, -0.2) is 9.78 Å². The molecule has 0 bridgehead atoms. The van der Waals surface area contributed by atoms with Crippen LogP contribution in [0.4, 0.5) is 0 Å². The molecule has 1 aliphatic rings. The lowest BCUT2D eigenvalue weighted by Crippen LogP contribution is -2.16. The van der Waals surface area contributed by atoms with Crippen LogP contribution in [0.2, 0.25) is 0 Å². The SMILES string of the molecule is O=C(O)c1cc2c(=O)[nH]c(CC3CCCCC3)nc2s1. The van der Waals surface area contributed by atoms with Crippen LogP contribution in [0, 0.1) is 5.92 Å². The van der Waals surface area contributed by atoms with Gasteiger partial charge in [0.1, 0.15) is 15.5 Å². The van der Waals surface area contributed by atoms with Crippen LogP contribution in [0.3, 0.4) is 0 Å². The number of thiophene rings is 1. The highest BCUT2D eigenvalue weighted by atomic mass is 32.1. The van der Waals surface area contributed by atoms with Gasteiger partial charge in [0, 0.05) is 6.42 Å². The molecule has 2 aromatic rings. The normalized spacial score (nSPS) is 16.6. The van der Waals surface area contributed by atoms with E-state index >= 15 is 0 Å². The molecule has 0 aliphatic heterocycles. The van der Waals surface area contributed by atoms with E-state index < -0.39 is 5.97 Å². The van der Waals surface area contributed by atoms with Crippen LogP contribution in [0.5, 0.6) is 0 Å². The summed E-state index contributed by atoms with van der Waals surface area (Å²) in [7, 11) is 0. The third-order valence-electron chi connectivity index (χ3n) is 3.87. The summed E-state index contributed by atoms with van der Waals surface area (Å²) in [4.78, 5) is 30.9. The van der Waals surface area contributed by atoms with Crippen LogP contribution in [0.15, 0.2) is 10.9 Å². The Balaban J connectivity index is 1.92. The van der Waals surface area contributed by atoms with Crippen molar-refractivity contribution in [1.82, 2.24) is 9.97 Å². The zero-order valence-electron chi connectivity index (χ0n) is 11.0. The molecule has 2 heterocycles.